The SMILES string of the molecule is [2H]c1c([2H])c([2H])c(-c2ccc(-n3c4ccccc4c4c(-n5c6ccccc6c6ccccc65)cccc43)cc2-c2nc(-c3ccccc3)nc(-c3ccc(-c4ccccc4)cc3)n2)c([2H])c1[2H]. The zero-order valence-electron chi connectivity index (χ0n) is 38.2. The van der Waals surface area contributed by atoms with Gasteiger partial charge in [-0.3, -0.25) is 0 Å². The van der Waals surface area contributed by atoms with E-state index in [1.54, 1.807) is 0 Å². The molecule has 0 aliphatic carbocycles. The Hall–Kier alpha value is -8.41. The summed E-state index contributed by atoms with van der Waals surface area (Å²) in [6, 6.07) is 63.5. The van der Waals surface area contributed by atoms with Gasteiger partial charge in [-0.15, -0.1) is 0 Å². The third kappa shape index (κ3) is 5.90. The molecule has 0 fully saturated rings. The minimum atomic E-state index is -0.464. The quantitative estimate of drug-likeness (QED) is 0.161. The van der Waals surface area contributed by atoms with Crippen LogP contribution < -0.4 is 0 Å². The second-order valence-electron chi connectivity index (χ2n) is 15.2. The van der Waals surface area contributed by atoms with Gasteiger partial charge in [0.2, 0.25) is 0 Å². The predicted octanol–water partition coefficient (Wildman–Crippen LogP) is 14.4. The van der Waals surface area contributed by atoms with E-state index in [0.717, 1.165) is 66.5 Å². The van der Waals surface area contributed by atoms with Crippen LogP contribution in [0.5, 0.6) is 0 Å². The predicted molar refractivity (Wildman–Crippen MR) is 256 cm³/mol. The molecule has 62 heavy (non-hydrogen) atoms. The zero-order chi connectivity index (χ0) is 45.3. The van der Waals surface area contributed by atoms with Crippen LogP contribution in [-0.4, -0.2) is 24.1 Å². The molecule has 0 N–H and O–H groups in total. The molecule has 12 aromatic rings. The maximum Gasteiger partial charge on any atom is 0.164 e. The minimum absolute atomic E-state index is 0.0545. The van der Waals surface area contributed by atoms with Crippen molar-refractivity contribution in [3.63, 3.8) is 0 Å². The summed E-state index contributed by atoms with van der Waals surface area (Å²) >= 11 is 0. The number of nitrogens with zero attached hydrogens (tertiary/aromatic N) is 5. The van der Waals surface area contributed by atoms with E-state index in [4.69, 9.17) is 21.8 Å². The highest BCUT2D eigenvalue weighted by molar-refractivity contribution is 6.16. The van der Waals surface area contributed by atoms with E-state index in [1.165, 1.54) is 10.8 Å². The summed E-state index contributed by atoms with van der Waals surface area (Å²) in [4.78, 5) is 15.3. The van der Waals surface area contributed by atoms with Gasteiger partial charge in [-0.05, 0) is 64.7 Å². The van der Waals surface area contributed by atoms with Gasteiger partial charge in [-0.2, -0.15) is 0 Å². The number of hydrogen-bond donors (Lipinski definition) is 0. The topological polar surface area (TPSA) is 48.5 Å². The third-order valence-electron chi connectivity index (χ3n) is 11.7. The Kier molecular flexibility index (Phi) is 7.25. The van der Waals surface area contributed by atoms with Crippen molar-refractivity contribution in [3.05, 3.63) is 224 Å². The van der Waals surface area contributed by atoms with Gasteiger partial charge in [-0.1, -0.05) is 182 Å². The van der Waals surface area contributed by atoms with Crippen LogP contribution in [0.25, 0.3) is 111 Å². The molecule has 5 nitrogen and oxygen atoms in total. The van der Waals surface area contributed by atoms with Gasteiger partial charge in [0.25, 0.3) is 0 Å². The van der Waals surface area contributed by atoms with E-state index in [0.29, 0.717) is 22.8 Å². The molecule has 0 bridgehead atoms. The van der Waals surface area contributed by atoms with Crippen molar-refractivity contribution in [3.8, 4) is 67.8 Å². The maximum atomic E-state index is 9.16. The van der Waals surface area contributed by atoms with Crippen molar-refractivity contribution in [2.75, 3.05) is 0 Å². The van der Waals surface area contributed by atoms with E-state index < -0.39 is 18.1 Å². The summed E-state index contributed by atoms with van der Waals surface area (Å²) in [7, 11) is 0. The zero-order valence-corrected chi connectivity index (χ0v) is 33.2. The molecular weight excluding hydrogens is 755 g/mol. The summed E-state index contributed by atoms with van der Waals surface area (Å²) in [5.41, 5.74) is 10.5. The summed E-state index contributed by atoms with van der Waals surface area (Å²) < 4.78 is 48.7. The molecular formula is C57H37N5. The monoisotopic (exact) mass is 796 g/mol. The summed E-state index contributed by atoms with van der Waals surface area (Å²) in [6.45, 7) is 0. The van der Waals surface area contributed by atoms with Crippen LogP contribution in [0, 0.1) is 0 Å². The summed E-state index contributed by atoms with van der Waals surface area (Å²) in [6.07, 6.45) is 0. The molecule has 3 heterocycles. The van der Waals surface area contributed by atoms with Crippen molar-refractivity contribution in [1.29, 1.82) is 0 Å². The molecule has 12 rings (SSSR count). The van der Waals surface area contributed by atoms with Gasteiger partial charge in [-0.25, -0.2) is 15.0 Å². The molecule has 0 saturated heterocycles. The Balaban J connectivity index is 1.13. The van der Waals surface area contributed by atoms with Crippen LogP contribution in [0.1, 0.15) is 6.85 Å². The van der Waals surface area contributed by atoms with Crippen LogP contribution in [0.4, 0.5) is 0 Å². The summed E-state index contributed by atoms with van der Waals surface area (Å²) in [5.74, 6) is 1.14. The van der Waals surface area contributed by atoms with E-state index in [-0.39, 0.29) is 23.5 Å². The molecule has 290 valence electrons. The second kappa shape index (κ2) is 14.7. The van der Waals surface area contributed by atoms with Crippen LogP contribution in [-0.2, 0) is 0 Å². The first kappa shape index (κ1) is 30.6. The van der Waals surface area contributed by atoms with Gasteiger partial charge < -0.3 is 9.13 Å². The van der Waals surface area contributed by atoms with Crippen molar-refractivity contribution in [2.45, 2.75) is 0 Å². The largest absolute Gasteiger partial charge is 0.309 e. The number of benzene rings is 9. The number of aromatic nitrogens is 5. The van der Waals surface area contributed by atoms with Gasteiger partial charge in [0, 0.05) is 43.9 Å². The molecule has 0 amide bonds. The first-order valence-electron chi connectivity index (χ1n) is 23.0. The molecule has 9 aromatic carbocycles. The highest BCUT2D eigenvalue weighted by atomic mass is 15.0. The molecule has 0 aliphatic rings. The Labute approximate surface area is 365 Å². The van der Waals surface area contributed by atoms with Gasteiger partial charge in [0.1, 0.15) is 0 Å². The van der Waals surface area contributed by atoms with Crippen LogP contribution in [0.2, 0.25) is 0 Å². The lowest BCUT2D eigenvalue weighted by atomic mass is 9.98. The lowest BCUT2D eigenvalue weighted by molar-refractivity contribution is 1.07. The fraction of sp³-hybridized carbons (Fsp3) is 0. The normalized spacial score (nSPS) is 12.7. The van der Waals surface area contributed by atoms with Crippen molar-refractivity contribution >= 4 is 43.6 Å². The average molecular weight is 797 g/mol. The molecule has 0 spiro atoms. The van der Waals surface area contributed by atoms with E-state index in [2.05, 4.69) is 106 Å². The van der Waals surface area contributed by atoms with Gasteiger partial charge in [0.05, 0.1) is 34.6 Å². The number of para-hydroxylation sites is 3. The van der Waals surface area contributed by atoms with Crippen LogP contribution in [0.15, 0.2) is 224 Å². The van der Waals surface area contributed by atoms with Crippen molar-refractivity contribution in [1.82, 2.24) is 24.1 Å². The van der Waals surface area contributed by atoms with E-state index in [9.17, 15) is 0 Å². The van der Waals surface area contributed by atoms with Gasteiger partial charge in [0.15, 0.2) is 17.5 Å². The Bertz CT molecular complexity index is 3840. The number of fused-ring (bicyclic) bond motifs is 6. The number of rotatable bonds is 7. The minimum Gasteiger partial charge on any atom is -0.309 e. The molecule has 0 atom stereocenters. The van der Waals surface area contributed by atoms with Crippen LogP contribution in [0.3, 0.4) is 0 Å². The van der Waals surface area contributed by atoms with Crippen molar-refractivity contribution < 1.29 is 6.85 Å². The van der Waals surface area contributed by atoms with Crippen LogP contribution >= 0.6 is 0 Å². The fourth-order valence-electron chi connectivity index (χ4n) is 8.89. The Morgan fingerprint density at radius 3 is 1.50 bits per heavy atom. The first-order chi connectivity index (χ1) is 32.8. The molecule has 0 unspecified atom stereocenters. The Morgan fingerprint density at radius 2 is 0.839 bits per heavy atom. The first-order valence-corrected chi connectivity index (χ1v) is 20.5. The highest BCUT2D eigenvalue weighted by Crippen LogP contribution is 2.41. The third-order valence-corrected chi connectivity index (χ3v) is 11.7. The smallest absolute Gasteiger partial charge is 0.164 e. The lowest BCUT2D eigenvalue weighted by Gasteiger charge is -2.16. The molecule has 0 saturated carbocycles. The average Bonchev–Trinajstić information content (AvgIpc) is 3.91. The maximum absolute atomic E-state index is 9.16. The van der Waals surface area contributed by atoms with E-state index in [1.807, 2.05) is 97.1 Å². The second-order valence-corrected chi connectivity index (χ2v) is 15.2. The molecule has 5 heteroatoms. The van der Waals surface area contributed by atoms with E-state index >= 15 is 0 Å². The summed E-state index contributed by atoms with van der Waals surface area (Å²) in [5, 5.41) is 4.46. The standard InChI is InChI=1S/C57H37N5/c1-4-17-38(18-5-1)39-31-33-42(34-32-39)56-58-55(41-21-8-3-9-22-41)59-57(60-56)48-37-43(35-36-44(48)40-19-6-2-7-20-40)61-51-28-15-12-25-47(51)54-52(61)29-16-30-53(54)62-49-26-13-10-23-45(49)46-24-11-14-27-50(46)62/h1-37H/i2D,6D,7D,19D,20D. The van der Waals surface area contributed by atoms with Crippen molar-refractivity contribution in [2.24, 2.45) is 0 Å². The lowest BCUT2D eigenvalue weighted by Crippen LogP contribution is -2.02. The fourth-order valence-corrected chi connectivity index (χ4v) is 8.89. The molecule has 3 aromatic heterocycles. The Morgan fingerprint density at radius 1 is 0.339 bits per heavy atom. The molecule has 0 radical (unpaired) electrons. The number of hydrogen-bond acceptors (Lipinski definition) is 3. The van der Waals surface area contributed by atoms with Gasteiger partial charge >= 0.3 is 0 Å². The molecule has 0 aliphatic heterocycles. The highest BCUT2D eigenvalue weighted by Gasteiger charge is 2.22.